The van der Waals surface area contributed by atoms with Gasteiger partial charge in [0.05, 0.1) is 18.5 Å². The third-order valence-electron chi connectivity index (χ3n) is 2.17. The maximum Gasteiger partial charge on any atom is 0.236 e. The van der Waals surface area contributed by atoms with Crippen molar-refractivity contribution in [3.8, 4) is 0 Å². The van der Waals surface area contributed by atoms with Gasteiger partial charge in [0.15, 0.2) is 17.9 Å². The molecule has 1 aliphatic rings. The molecule has 6 nitrogen and oxygen atoms in total. The zero-order valence-corrected chi connectivity index (χ0v) is 8.77. The summed E-state index contributed by atoms with van der Waals surface area (Å²) in [6.45, 7) is -0.0764. The van der Waals surface area contributed by atoms with E-state index in [1.54, 1.807) is 0 Å². The molecule has 82 valence electrons. The van der Waals surface area contributed by atoms with E-state index in [-0.39, 0.29) is 41.2 Å². The van der Waals surface area contributed by atoms with Gasteiger partial charge in [-0.25, -0.2) is 9.97 Å². The Labute approximate surface area is 95.2 Å². The van der Waals surface area contributed by atoms with Gasteiger partial charge in [0.25, 0.3) is 0 Å². The predicted molar refractivity (Wildman–Crippen MR) is 54.4 cm³/mol. The number of nitrogens with zero attached hydrogens (tertiary/aromatic N) is 3. The molecule has 0 N–H and O–H groups in total. The predicted octanol–water partition coefficient (Wildman–Crippen LogP) is 0.248. The van der Waals surface area contributed by atoms with Gasteiger partial charge in [-0.3, -0.25) is 19.3 Å². The average molecular weight is 240 g/mol. The van der Waals surface area contributed by atoms with Gasteiger partial charge in [-0.1, -0.05) is 11.6 Å². The Kier molecular flexibility index (Phi) is 2.66. The van der Waals surface area contributed by atoms with E-state index in [1.165, 1.54) is 0 Å². The van der Waals surface area contributed by atoms with Crippen molar-refractivity contribution >= 4 is 35.4 Å². The van der Waals surface area contributed by atoms with Crippen molar-refractivity contribution in [1.82, 2.24) is 9.97 Å². The molecule has 0 saturated carbocycles. The second kappa shape index (κ2) is 3.97. The number of aldehydes is 1. The summed E-state index contributed by atoms with van der Waals surface area (Å²) >= 11 is 5.69. The molecule has 16 heavy (non-hydrogen) atoms. The third-order valence-corrected chi connectivity index (χ3v) is 2.47. The third kappa shape index (κ3) is 1.67. The molecule has 1 saturated heterocycles. The van der Waals surface area contributed by atoms with Crippen LogP contribution in [0.25, 0.3) is 0 Å². The molecule has 0 spiro atoms. The second-order valence-electron chi connectivity index (χ2n) is 3.21. The van der Waals surface area contributed by atoms with Crippen LogP contribution < -0.4 is 4.90 Å². The van der Waals surface area contributed by atoms with E-state index in [0.29, 0.717) is 6.29 Å². The molecular formula is C9H6ClN3O3. The van der Waals surface area contributed by atoms with Crippen LogP contribution >= 0.6 is 11.6 Å². The van der Waals surface area contributed by atoms with E-state index in [9.17, 15) is 14.4 Å². The van der Waals surface area contributed by atoms with Gasteiger partial charge in [-0.05, 0) is 0 Å². The summed E-state index contributed by atoms with van der Waals surface area (Å²) in [5.41, 5.74) is 0.0206. The second-order valence-corrected chi connectivity index (χ2v) is 3.57. The molecule has 0 radical (unpaired) electrons. The molecule has 0 aliphatic carbocycles. The lowest BCUT2D eigenvalue weighted by Crippen LogP contribution is -2.27. The smallest absolute Gasteiger partial charge is 0.236 e. The number of anilines is 1. The van der Waals surface area contributed by atoms with Crippen LogP contribution in [0.2, 0.25) is 5.15 Å². The monoisotopic (exact) mass is 239 g/mol. The molecule has 1 aliphatic heterocycles. The molecule has 7 heteroatoms. The summed E-state index contributed by atoms with van der Waals surface area (Å²) in [4.78, 5) is 41.9. The van der Waals surface area contributed by atoms with E-state index in [2.05, 4.69) is 9.97 Å². The normalized spacial score (nSPS) is 15.7. The number of amides is 1. The molecule has 0 bridgehead atoms. The minimum absolute atomic E-state index is 0.0206. The minimum Gasteiger partial charge on any atom is -0.298 e. The quantitative estimate of drug-likeness (QED) is 0.420. The molecule has 0 atom stereocenters. The van der Waals surface area contributed by atoms with Crippen LogP contribution in [-0.4, -0.2) is 34.5 Å². The fraction of sp³-hybridized carbons (Fsp3) is 0.222. The highest BCUT2D eigenvalue weighted by molar-refractivity contribution is 6.32. The highest BCUT2D eigenvalue weighted by Crippen LogP contribution is 2.24. The minimum atomic E-state index is -0.386. The number of rotatable bonds is 2. The fourth-order valence-electron chi connectivity index (χ4n) is 1.46. The van der Waals surface area contributed by atoms with Crippen LogP contribution in [0.1, 0.15) is 16.8 Å². The Morgan fingerprint density at radius 3 is 2.69 bits per heavy atom. The molecule has 2 rings (SSSR count). The summed E-state index contributed by atoms with van der Waals surface area (Å²) in [5.74, 6) is -0.509. The van der Waals surface area contributed by atoms with E-state index in [4.69, 9.17) is 11.6 Å². The van der Waals surface area contributed by atoms with Gasteiger partial charge >= 0.3 is 0 Å². The summed E-state index contributed by atoms with van der Waals surface area (Å²) < 4.78 is 0. The molecule has 1 fully saturated rings. The number of Topliss-reactive ketones (excluding diaryl/α,β-unsaturated/α-hetero) is 1. The maximum atomic E-state index is 11.5. The first kappa shape index (κ1) is 10.7. The van der Waals surface area contributed by atoms with Crippen LogP contribution in [0.3, 0.4) is 0 Å². The van der Waals surface area contributed by atoms with Crippen molar-refractivity contribution in [3.63, 3.8) is 0 Å². The zero-order chi connectivity index (χ0) is 11.7. The Balaban J connectivity index is 2.48. The van der Waals surface area contributed by atoms with Crippen molar-refractivity contribution in [2.75, 3.05) is 11.4 Å². The molecule has 0 aromatic carbocycles. The molecule has 1 amide bonds. The molecule has 0 unspecified atom stereocenters. The molecule has 1 aromatic rings. The highest BCUT2D eigenvalue weighted by Gasteiger charge is 2.31. The zero-order valence-electron chi connectivity index (χ0n) is 8.01. The Bertz CT molecular complexity index is 489. The van der Waals surface area contributed by atoms with Crippen molar-refractivity contribution in [3.05, 3.63) is 17.0 Å². The lowest BCUT2D eigenvalue weighted by atomic mass is 10.3. The topological polar surface area (TPSA) is 80.2 Å². The van der Waals surface area contributed by atoms with Crippen LogP contribution in [0.15, 0.2) is 6.33 Å². The van der Waals surface area contributed by atoms with Gasteiger partial charge in [-0.2, -0.15) is 0 Å². The first-order chi connectivity index (χ1) is 7.63. The number of hydrogen-bond acceptors (Lipinski definition) is 5. The van der Waals surface area contributed by atoms with Gasteiger partial charge < -0.3 is 0 Å². The maximum absolute atomic E-state index is 11.5. The number of carbonyl (C=O) groups excluding carboxylic acids is 3. The number of aromatic nitrogens is 2. The largest absolute Gasteiger partial charge is 0.298 e. The first-order valence-corrected chi connectivity index (χ1v) is 4.79. The van der Waals surface area contributed by atoms with Crippen LogP contribution in [0, 0.1) is 0 Å². The summed E-state index contributed by atoms with van der Waals surface area (Å²) in [6.07, 6.45) is 1.44. The van der Waals surface area contributed by atoms with Crippen LogP contribution in [-0.2, 0) is 9.59 Å². The fourth-order valence-corrected chi connectivity index (χ4v) is 1.63. The lowest BCUT2D eigenvalue weighted by molar-refractivity contribution is -0.121. The van der Waals surface area contributed by atoms with Crippen molar-refractivity contribution in [2.45, 2.75) is 6.42 Å². The molecule has 2 heterocycles. The standard InChI is InChI=1S/C9H6ClN3O3/c10-8-6(3-14)9(12-4-11-8)13-2-5(15)1-7(13)16/h3-4H,1-2H2. The summed E-state index contributed by atoms with van der Waals surface area (Å²) in [5, 5.41) is -0.0350. The highest BCUT2D eigenvalue weighted by atomic mass is 35.5. The van der Waals surface area contributed by atoms with Gasteiger partial charge in [0.1, 0.15) is 11.5 Å². The molecule has 1 aromatic heterocycles. The van der Waals surface area contributed by atoms with E-state index >= 15 is 0 Å². The van der Waals surface area contributed by atoms with Crippen molar-refractivity contribution in [2.24, 2.45) is 0 Å². The van der Waals surface area contributed by atoms with Gasteiger partial charge in [0, 0.05) is 0 Å². The van der Waals surface area contributed by atoms with Crippen LogP contribution in [0.5, 0.6) is 0 Å². The van der Waals surface area contributed by atoms with E-state index in [1.807, 2.05) is 0 Å². The van der Waals surface area contributed by atoms with E-state index < -0.39 is 0 Å². The number of halogens is 1. The van der Waals surface area contributed by atoms with Gasteiger partial charge in [-0.15, -0.1) is 0 Å². The first-order valence-electron chi connectivity index (χ1n) is 4.41. The van der Waals surface area contributed by atoms with Crippen LogP contribution in [0.4, 0.5) is 5.82 Å². The Hall–Kier alpha value is -1.82. The Morgan fingerprint density at radius 1 is 1.38 bits per heavy atom. The van der Waals surface area contributed by atoms with Crippen molar-refractivity contribution < 1.29 is 14.4 Å². The number of hydrogen-bond donors (Lipinski definition) is 0. The Morgan fingerprint density at radius 2 is 2.12 bits per heavy atom. The van der Waals surface area contributed by atoms with E-state index in [0.717, 1.165) is 11.2 Å². The number of carbonyl (C=O) groups is 3. The number of ketones is 1. The average Bonchev–Trinajstić information content (AvgIpc) is 2.57. The summed E-state index contributed by atoms with van der Waals surface area (Å²) in [6, 6.07) is 0. The SMILES string of the molecule is O=Cc1c(Cl)ncnc1N1CC(=O)CC1=O. The van der Waals surface area contributed by atoms with Gasteiger partial charge in [0.2, 0.25) is 5.91 Å². The summed E-state index contributed by atoms with van der Waals surface area (Å²) in [7, 11) is 0. The lowest BCUT2D eigenvalue weighted by Gasteiger charge is -2.14. The van der Waals surface area contributed by atoms with Crippen molar-refractivity contribution in [1.29, 1.82) is 0 Å². The molecular weight excluding hydrogens is 234 g/mol.